The molecule has 2 aromatic heterocycles. The first-order valence-electron chi connectivity index (χ1n) is 7.18. The van der Waals surface area contributed by atoms with Gasteiger partial charge in [0, 0.05) is 6.42 Å². The van der Waals surface area contributed by atoms with Gasteiger partial charge in [0.15, 0.2) is 5.69 Å². The number of piperidine rings is 1. The minimum Gasteiger partial charge on any atom is -0.506 e. The SMILES string of the molecule is COC(=O)c1nc(CC2CCCNC2)n2cc(O)ccc12. The van der Waals surface area contributed by atoms with Gasteiger partial charge in [-0.25, -0.2) is 9.78 Å². The molecular formula is C15H19N3O3. The summed E-state index contributed by atoms with van der Waals surface area (Å²) in [5.74, 6) is 0.984. The Kier molecular flexibility index (Phi) is 3.79. The maximum absolute atomic E-state index is 11.8. The third-order valence-corrected chi connectivity index (χ3v) is 3.94. The third kappa shape index (κ3) is 2.71. The van der Waals surface area contributed by atoms with Gasteiger partial charge in [-0.3, -0.25) is 4.40 Å². The van der Waals surface area contributed by atoms with E-state index >= 15 is 0 Å². The molecule has 1 unspecified atom stereocenters. The van der Waals surface area contributed by atoms with Crippen molar-refractivity contribution >= 4 is 11.5 Å². The molecule has 0 bridgehead atoms. The summed E-state index contributed by atoms with van der Waals surface area (Å²) >= 11 is 0. The molecule has 1 saturated heterocycles. The number of esters is 1. The maximum Gasteiger partial charge on any atom is 0.358 e. The number of methoxy groups -OCH3 is 1. The predicted molar refractivity (Wildman–Crippen MR) is 77.5 cm³/mol. The van der Waals surface area contributed by atoms with Crippen LogP contribution in [0.1, 0.15) is 29.2 Å². The Bertz CT molecular complexity index is 659. The number of nitrogens with zero attached hydrogens (tertiary/aromatic N) is 2. The molecule has 2 N–H and O–H groups in total. The molecule has 21 heavy (non-hydrogen) atoms. The molecule has 0 radical (unpaired) electrons. The lowest BCUT2D eigenvalue weighted by Gasteiger charge is -2.21. The Morgan fingerprint density at radius 3 is 3.14 bits per heavy atom. The first-order valence-corrected chi connectivity index (χ1v) is 7.18. The van der Waals surface area contributed by atoms with Gasteiger partial charge in [0.05, 0.1) is 18.8 Å². The van der Waals surface area contributed by atoms with Gasteiger partial charge in [-0.1, -0.05) is 0 Å². The minimum absolute atomic E-state index is 0.152. The number of pyridine rings is 1. The fourth-order valence-corrected chi connectivity index (χ4v) is 2.88. The zero-order valence-electron chi connectivity index (χ0n) is 12.0. The van der Waals surface area contributed by atoms with E-state index in [1.54, 1.807) is 22.7 Å². The van der Waals surface area contributed by atoms with Crippen molar-refractivity contribution in [2.24, 2.45) is 5.92 Å². The highest BCUT2D eigenvalue weighted by molar-refractivity contribution is 5.95. The number of rotatable bonds is 3. The van der Waals surface area contributed by atoms with Crippen molar-refractivity contribution in [3.05, 3.63) is 29.8 Å². The molecule has 3 rings (SSSR count). The van der Waals surface area contributed by atoms with Gasteiger partial charge in [0.1, 0.15) is 11.6 Å². The molecule has 1 atom stereocenters. The molecule has 1 aliphatic rings. The van der Waals surface area contributed by atoms with Gasteiger partial charge in [0.25, 0.3) is 0 Å². The monoisotopic (exact) mass is 289 g/mol. The highest BCUT2D eigenvalue weighted by Crippen LogP contribution is 2.22. The molecule has 2 aromatic rings. The van der Waals surface area contributed by atoms with E-state index in [-0.39, 0.29) is 5.75 Å². The van der Waals surface area contributed by atoms with Crippen LogP contribution >= 0.6 is 0 Å². The van der Waals surface area contributed by atoms with E-state index in [0.717, 1.165) is 38.2 Å². The molecule has 3 heterocycles. The average Bonchev–Trinajstić information content (AvgIpc) is 2.85. The normalized spacial score (nSPS) is 18.8. The Balaban J connectivity index is 2.00. The zero-order chi connectivity index (χ0) is 14.8. The van der Waals surface area contributed by atoms with E-state index < -0.39 is 5.97 Å². The molecule has 6 heteroatoms. The van der Waals surface area contributed by atoms with Crippen molar-refractivity contribution in [3.8, 4) is 5.75 Å². The van der Waals surface area contributed by atoms with E-state index in [4.69, 9.17) is 4.74 Å². The second-order valence-corrected chi connectivity index (χ2v) is 5.43. The number of carbonyl (C=O) groups excluding carboxylic acids is 1. The maximum atomic E-state index is 11.8. The summed E-state index contributed by atoms with van der Waals surface area (Å²) < 4.78 is 6.58. The highest BCUT2D eigenvalue weighted by atomic mass is 16.5. The summed E-state index contributed by atoms with van der Waals surface area (Å²) in [5, 5.41) is 13.1. The third-order valence-electron chi connectivity index (χ3n) is 3.94. The number of fused-ring (bicyclic) bond motifs is 1. The standard InChI is InChI=1S/C15H19N3O3/c1-21-15(20)14-12-5-4-11(19)9-18(12)13(17-14)7-10-3-2-6-16-8-10/h4-5,9-10,16,19H,2-3,6-8H2,1H3. The van der Waals surface area contributed by atoms with Crippen molar-refractivity contribution in [3.63, 3.8) is 0 Å². The summed E-state index contributed by atoms with van der Waals surface area (Å²) in [6, 6.07) is 3.24. The van der Waals surface area contributed by atoms with E-state index in [2.05, 4.69) is 10.3 Å². The molecule has 0 spiro atoms. The summed E-state index contributed by atoms with van der Waals surface area (Å²) in [6.07, 6.45) is 4.67. The summed E-state index contributed by atoms with van der Waals surface area (Å²) in [6.45, 7) is 2.02. The number of hydrogen-bond donors (Lipinski definition) is 2. The van der Waals surface area contributed by atoms with Crippen LogP contribution in [0.25, 0.3) is 5.52 Å². The Hall–Kier alpha value is -2.08. The second-order valence-electron chi connectivity index (χ2n) is 5.43. The van der Waals surface area contributed by atoms with Crippen LogP contribution in [0.3, 0.4) is 0 Å². The molecule has 0 aliphatic carbocycles. The van der Waals surface area contributed by atoms with Gasteiger partial charge in [-0.05, 0) is 44.0 Å². The van der Waals surface area contributed by atoms with Gasteiger partial charge in [-0.15, -0.1) is 0 Å². The topological polar surface area (TPSA) is 75.9 Å². The van der Waals surface area contributed by atoms with Gasteiger partial charge in [0.2, 0.25) is 0 Å². The van der Waals surface area contributed by atoms with Crippen LogP contribution in [0.4, 0.5) is 0 Å². The Labute approximate surface area is 122 Å². The zero-order valence-corrected chi connectivity index (χ0v) is 12.0. The van der Waals surface area contributed by atoms with Crippen LogP contribution < -0.4 is 5.32 Å². The van der Waals surface area contributed by atoms with E-state index in [1.165, 1.54) is 7.11 Å². The molecule has 1 aliphatic heterocycles. The quantitative estimate of drug-likeness (QED) is 0.835. The number of carbonyl (C=O) groups is 1. The van der Waals surface area contributed by atoms with Gasteiger partial charge >= 0.3 is 5.97 Å². The molecule has 0 amide bonds. The number of aromatic hydroxyl groups is 1. The van der Waals surface area contributed by atoms with Crippen molar-refractivity contribution in [2.75, 3.05) is 20.2 Å². The van der Waals surface area contributed by atoms with Crippen LogP contribution in [0.15, 0.2) is 18.3 Å². The fourth-order valence-electron chi connectivity index (χ4n) is 2.88. The number of hydrogen-bond acceptors (Lipinski definition) is 5. The predicted octanol–water partition coefficient (Wildman–Crippen LogP) is 1.37. The summed E-state index contributed by atoms with van der Waals surface area (Å²) in [5.41, 5.74) is 0.967. The lowest BCUT2D eigenvalue weighted by atomic mass is 9.96. The van der Waals surface area contributed by atoms with Crippen LogP contribution in [0, 0.1) is 5.92 Å². The molecule has 112 valence electrons. The molecule has 6 nitrogen and oxygen atoms in total. The summed E-state index contributed by atoms with van der Waals surface area (Å²) in [4.78, 5) is 16.3. The van der Waals surface area contributed by atoms with Crippen LogP contribution in [0.5, 0.6) is 5.75 Å². The first-order chi connectivity index (χ1) is 10.2. The Morgan fingerprint density at radius 2 is 2.43 bits per heavy atom. The second kappa shape index (κ2) is 5.73. The fraction of sp³-hybridized carbons (Fsp3) is 0.467. The van der Waals surface area contributed by atoms with Gasteiger partial charge < -0.3 is 15.2 Å². The van der Waals surface area contributed by atoms with Crippen molar-refractivity contribution in [2.45, 2.75) is 19.3 Å². The number of ether oxygens (including phenoxy) is 1. The van der Waals surface area contributed by atoms with Crippen molar-refractivity contribution < 1.29 is 14.6 Å². The van der Waals surface area contributed by atoms with Crippen molar-refractivity contribution in [1.29, 1.82) is 0 Å². The number of nitrogens with one attached hydrogen (secondary N) is 1. The van der Waals surface area contributed by atoms with Crippen LogP contribution in [-0.2, 0) is 11.2 Å². The first kappa shape index (κ1) is 13.9. The number of aromatic nitrogens is 2. The minimum atomic E-state index is -0.453. The van der Waals surface area contributed by atoms with E-state index in [0.29, 0.717) is 17.1 Å². The van der Waals surface area contributed by atoms with Crippen LogP contribution in [0.2, 0.25) is 0 Å². The van der Waals surface area contributed by atoms with Crippen LogP contribution in [-0.4, -0.2) is 40.7 Å². The van der Waals surface area contributed by atoms with E-state index in [9.17, 15) is 9.90 Å². The average molecular weight is 289 g/mol. The molecule has 0 aromatic carbocycles. The summed E-state index contributed by atoms with van der Waals surface area (Å²) in [7, 11) is 1.35. The van der Waals surface area contributed by atoms with Gasteiger partial charge in [-0.2, -0.15) is 0 Å². The smallest absolute Gasteiger partial charge is 0.358 e. The molecular weight excluding hydrogens is 270 g/mol. The molecule has 0 saturated carbocycles. The lowest BCUT2D eigenvalue weighted by Crippen LogP contribution is -2.31. The largest absolute Gasteiger partial charge is 0.506 e. The van der Waals surface area contributed by atoms with E-state index in [1.807, 2.05) is 0 Å². The highest BCUT2D eigenvalue weighted by Gasteiger charge is 2.21. The number of imidazole rings is 1. The Morgan fingerprint density at radius 1 is 1.57 bits per heavy atom. The van der Waals surface area contributed by atoms with Crippen molar-refractivity contribution in [1.82, 2.24) is 14.7 Å². The molecule has 1 fully saturated rings. The lowest BCUT2D eigenvalue weighted by molar-refractivity contribution is 0.0596.